The number of hydrogen-bond acceptors (Lipinski definition) is 7. The van der Waals surface area contributed by atoms with Crippen LogP contribution in [0.3, 0.4) is 0 Å². The van der Waals surface area contributed by atoms with E-state index in [1.54, 1.807) is 0 Å². The summed E-state index contributed by atoms with van der Waals surface area (Å²) in [6, 6.07) is 38.8. The highest BCUT2D eigenvalue weighted by molar-refractivity contribution is 5.59. The molecular formula is C35H39N7. The maximum Gasteiger partial charge on any atom is 0.122 e. The average Bonchev–Trinajstić information content (AvgIpc) is 3.05. The van der Waals surface area contributed by atoms with Gasteiger partial charge in [-0.2, -0.15) is 10.2 Å². The van der Waals surface area contributed by atoms with Crippen molar-refractivity contribution in [2.45, 2.75) is 37.0 Å². The molecule has 0 aliphatic rings. The van der Waals surface area contributed by atoms with E-state index >= 15 is 0 Å². The zero-order valence-corrected chi connectivity index (χ0v) is 24.1. The van der Waals surface area contributed by atoms with Crippen LogP contribution in [0, 0.1) is 11.1 Å². The zero-order chi connectivity index (χ0) is 29.4. The molecule has 0 fully saturated rings. The summed E-state index contributed by atoms with van der Waals surface area (Å²) in [6.45, 7) is 1.70. The summed E-state index contributed by atoms with van der Waals surface area (Å²) in [5.74, 6) is 0. The van der Waals surface area contributed by atoms with Gasteiger partial charge in [0, 0.05) is 25.5 Å². The lowest BCUT2D eigenvalue weighted by atomic mass is 9.94. The predicted octanol–water partition coefficient (Wildman–Crippen LogP) is 8.87. The molecule has 4 aromatic carbocycles. The van der Waals surface area contributed by atoms with E-state index < -0.39 is 0 Å². The largest absolute Gasteiger partial charge is 0.306 e. The Morgan fingerprint density at radius 3 is 1.07 bits per heavy atom. The average molecular weight is 558 g/mol. The Morgan fingerprint density at radius 1 is 0.500 bits per heavy atom. The molecule has 0 aliphatic carbocycles. The Kier molecular flexibility index (Phi) is 12.0. The van der Waals surface area contributed by atoms with Gasteiger partial charge in [-0.15, -0.1) is 0 Å². The van der Waals surface area contributed by atoms with E-state index in [2.05, 4.69) is 22.2 Å². The Morgan fingerprint density at radius 2 is 0.786 bits per heavy atom. The smallest absolute Gasteiger partial charge is 0.122 e. The van der Waals surface area contributed by atoms with Crippen molar-refractivity contribution >= 4 is 12.4 Å². The fourth-order valence-electron chi connectivity index (χ4n) is 5.00. The van der Waals surface area contributed by atoms with Crippen LogP contribution in [0.5, 0.6) is 0 Å². The number of nitrogens with one attached hydrogen (secondary N) is 2. The third-order valence-electron chi connectivity index (χ3n) is 7.25. The van der Waals surface area contributed by atoms with E-state index in [1.165, 1.54) is 0 Å². The molecule has 0 aromatic heterocycles. The Balaban J connectivity index is 1.35. The fourth-order valence-corrected chi connectivity index (χ4v) is 5.00. The van der Waals surface area contributed by atoms with Crippen molar-refractivity contribution in [1.29, 1.82) is 11.1 Å². The minimum absolute atomic E-state index is 0.251. The van der Waals surface area contributed by atoms with Gasteiger partial charge in [0.15, 0.2) is 0 Å². The van der Waals surface area contributed by atoms with Crippen LogP contribution in [-0.4, -0.2) is 37.5 Å². The van der Waals surface area contributed by atoms with Gasteiger partial charge in [-0.05, 0) is 42.1 Å². The maximum absolute atomic E-state index is 7.91. The molecule has 0 spiro atoms. The van der Waals surface area contributed by atoms with Crippen molar-refractivity contribution in [1.82, 2.24) is 4.90 Å². The van der Waals surface area contributed by atoms with Gasteiger partial charge in [-0.3, -0.25) is 9.98 Å². The van der Waals surface area contributed by atoms with Crippen molar-refractivity contribution in [2.24, 2.45) is 20.2 Å². The summed E-state index contributed by atoms with van der Waals surface area (Å²) in [5.41, 5.74) is 19.9. The van der Waals surface area contributed by atoms with E-state index in [4.69, 9.17) is 21.0 Å². The molecule has 7 nitrogen and oxygen atoms in total. The minimum atomic E-state index is -0.369. The first-order valence-electron chi connectivity index (χ1n) is 14.4. The van der Waals surface area contributed by atoms with Gasteiger partial charge in [0.25, 0.3) is 0 Å². The molecule has 4 aromatic rings. The standard InChI is InChI=1S/C35H39N7/c1-42(26-14-24-38-32(28-16-6-2-7-17-28)34(40-36)30-20-10-4-11-21-30)27-15-25-39-33(29-18-8-3-9-19-29)35(41-37)31-22-12-5-13-23-31/h2-13,16-25,32-37H,14-15,26-27H2,1H3. The van der Waals surface area contributed by atoms with Gasteiger partial charge in [0.1, 0.15) is 24.2 Å². The summed E-state index contributed by atoms with van der Waals surface area (Å²) < 4.78 is 0. The SMILES string of the molecule is CN(CCC=NC(c1ccccc1)C(N=N)c1ccccc1)CCC=NC(c1ccccc1)C(N=N)c1ccccc1. The number of hydrogen-bond donors (Lipinski definition) is 2. The topological polar surface area (TPSA) is 100 Å². The molecule has 0 amide bonds. The van der Waals surface area contributed by atoms with Gasteiger partial charge in [0.2, 0.25) is 0 Å². The Hall–Kier alpha value is -4.62. The molecule has 2 N–H and O–H groups in total. The highest BCUT2D eigenvalue weighted by Gasteiger charge is 2.24. The van der Waals surface area contributed by atoms with Crippen LogP contribution in [0.2, 0.25) is 0 Å². The van der Waals surface area contributed by atoms with Crippen molar-refractivity contribution < 1.29 is 0 Å². The minimum Gasteiger partial charge on any atom is -0.306 e. The van der Waals surface area contributed by atoms with Crippen molar-refractivity contribution in [3.05, 3.63) is 144 Å². The molecule has 7 heteroatoms. The highest BCUT2D eigenvalue weighted by atomic mass is 15.1. The van der Waals surface area contributed by atoms with Gasteiger partial charge >= 0.3 is 0 Å². The third kappa shape index (κ3) is 8.69. The highest BCUT2D eigenvalue weighted by Crippen LogP contribution is 2.36. The lowest BCUT2D eigenvalue weighted by Crippen LogP contribution is -2.21. The van der Waals surface area contributed by atoms with E-state index in [9.17, 15) is 0 Å². The van der Waals surface area contributed by atoms with Crippen LogP contribution < -0.4 is 0 Å². The monoisotopic (exact) mass is 557 g/mol. The first-order chi connectivity index (χ1) is 20.7. The number of rotatable bonds is 16. The summed E-state index contributed by atoms with van der Waals surface area (Å²) in [4.78, 5) is 12.1. The molecule has 0 aliphatic heterocycles. The van der Waals surface area contributed by atoms with E-state index in [0.29, 0.717) is 0 Å². The van der Waals surface area contributed by atoms with Crippen LogP contribution in [0.4, 0.5) is 0 Å². The van der Waals surface area contributed by atoms with Crippen LogP contribution in [0.1, 0.15) is 59.3 Å². The van der Waals surface area contributed by atoms with Crippen LogP contribution in [0.25, 0.3) is 0 Å². The van der Waals surface area contributed by atoms with Gasteiger partial charge in [-0.25, -0.2) is 11.1 Å². The zero-order valence-electron chi connectivity index (χ0n) is 24.1. The summed E-state index contributed by atoms with van der Waals surface area (Å²) in [5, 5.41) is 7.93. The van der Waals surface area contributed by atoms with Gasteiger partial charge in [-0.1, -0.05) is 121 Å². The van der Waals surface area contributed by atoms with Crippen molar-refractivity contribution in [3.8, 4) is 0 Å². The maximum atomic E-state index is 7.91. The molecule has 4 rings (SSSR count). The second-order valence-corrected chi connectivity index (χ2v) is 10.2. The number of benzene rings is 4. The normalized spacial score (nSPS) is 14.5. The molecule has 4 atom stereocenters. The van der Waals surface area contributed by atoms with Gasteiger partial charge in [0.05, 0.1) is 0 Å². The second-order valence-electron chi connectivity index (χ2n) is 10.2. The molecule has 42 heavy (non-hydrogen) atoms. The molecule has 0 saturated carbocycles. The molecular weight excluding hydrogens is 518 g/mol. The van der Waals surface area contributed by atoms with Gasteiger partial charge < -0.3 is 4.90 Å². The summed E-state index contributed by atoms with van der Waals surface area (Å²) in [6.07, 6.45) is 5.51. The first kappa shape index (κ1) is 30.3. The Bertz CT molecular complexity index is 1280. The molecule has 0 heterocycles. The van der Waals surface area contributed by atoms with Crippen LogP contribution in [0.15, 0.2) is 142 Å². The van der Waals surface area contributed by atoms with Crippen LogP contribution in [-0.2, 0) is 0 Å². The van der Waals surface area contributed by atoms with E-state index in [1.807, 2.05) is 134 Å². The third-order valence-corrected chi connectivity index (χ3v) is 7.25. The quantitative estimate of drug-likeness (QED) is 0.104. The summed E-state index contributed by atoms with van der Waals surface area (Å²) in [7, 11) is 2.10. The van der Waals surface area contributed by atoms with E-state index in [0.717, 1.165) is 48.2 Å². The van der Waals surface area contributed by atoms with E-state index in [-0.39, 0.29) is 24.2 Å². The van der Waals surface area contributed by atoms with Crippen LogP contribution >= 0.6 is 0 Å². The van der Waals surface area contributed by atoms with Crippen molar-refractivity contribution in [2.75, 3.05) is 20.1 Å². The summed E-state index contributed by atoms with van der Waals surface area (Å²) >= 11 is 0. The first-order valence-corrected chi connectivity index (χ1v) is 14.4. The van der Waals surface area contributed by atoms with Crippen molar-refractivity contribution in [3.63, 3.8) is 0 Å². The fraction of sp³-hybridized carbons (Fsp3) is 0.257. The molecule has 214 valence electrons. The second kappa shape index (κ2) is 16.6. The number of aliphatic imine (C=N–C) groups is 2. The lowest BCUT2D eigenvalue weighted by molar-refractivity contribution is 0.356. The molecule has 0 radical (unpaired) electrons. The molecule has 0 bridgehead atoms. The Labute approximate surface area is 249 Å². The molecule has 4 unspecified atom stereocenters. The predicted molar refractivity (Wildman–Crippen MR) is 171 cm³/mol. The lowest BCUT2D eigenvalue weighted by Gasteiger charge is -2.21. The number of nitrogens with zero attached hydrogens (tertiary/aromatic N) is 5. The molecule has 0 saturated heterocycles.